The molecule has 2 N–H and O–H groups in total. The van der Waals surface area contributed by atoms with Gasteiger partial charge in [-0.1, -0.05) is 18.2 Å². The standard InChI is InChI=1S/C15H22FN3O2/c1-19(2)9-5-8-17-14(20)10-15(21)18-11-12-6-3-4-7-13(12)16/h3-4,6-7H,5,8-11H2,1-2H3,(H,17,20)(H,18,21). The Balaban J connectivity index is 2.21. The summed E-state index contributed by atoms with van der Waals surface area (Å²) in [7, 11) is 3.91. The molecule has 0 spiro atoms. The van der Waals surface area contributed by atoms with E-state index in [4.69, 9.17) is 0 Å². The fourth-order valence-electron chi connectivity index (χ4n) is 1.73. The summed E-state index contributed by atoms with van der Waals surface area (Å²) in [5.74, 6) is -1.10. The molecule has 0 bridgehead atoms. The zero-order valence-corrected chi connectivity index (χ0v) is 12.5. The maximum absolute atomic E-state index is 13.3. The second kappa shape index (κ2) is 9.07. The van der Waals surface area contributed by atoms with Crippen LogP contribution in [0.1, 0.15) is 18.4 Å². The normalized spacial score (nSPS) is 10.5. The molecule has 0 unspecified atom stereocenters. The third-order valence-electron chi connectivity index (χ3n) is 2.86. The number of halogens is 1. The van der Waals surface area contributed by atoms with E-state index >= 15 is 0 Å². The smallest absolute Gasteiger partial charge is 0.229 e. The Bertz CT molecular complexity index is 478. The molecule has 0 atom stereocenters. The van der Waals surface area contributed by atoms with Crippen molar-refractivity contribution in [2.75, 3.05) is 27.2 Å². The molecule has 1 aromatic carbocycles. The summed E-state index contributed by atoms with van der Waals surface area (Å²) in [6.07, 6.45) is 0.589. The Kier molecular flexibility index (Phi) is 7.39. The van der Waals surface area contributed by atoms with E-state index in [1.54, 1.807) is 18.2 Å². The lowest BCUT2D eigenvalue weighted by molar-refractivity contribution is -0.129. The van der Waals surface area contributed by atoms with Gasteiger partial charge in [0, 0.05) is 18.7 Å². The molecule has 0 aromatic heterocycles. The lowest BCUT2D eigenvalue weighted by Gasteiger charge is -2.10. The molecule has 0 saturated heterocycles. The van der Waals surface area contributed by atoms with Crippen molar-refractivity contribution in [3.05, 3.63) is 35.6 Å². The molecule has 0 saturated carbocycles. The predicted molar refractivity (Wildman–Crippen MR) is 79.0 cm³/mol. The van der Waals surface area contributed by atoms with Gasteiger partial charge in [-0.05, 0) is 33.1 Å². The summed E-state index contributed by atoms with van der Waals surface area (Å²) >= 11 is 0. The highest BCUT2D eigenvalue weighted by Gasteiger charge is 2.09. The van der Waals surface area contributed by atoms with Gasteiger partial charge < -0.3 is 15.5 Å². The molecule has 6 heteroatoms. The van der Waals surface area contributed by atoms with Gasteiger partial charge in [-0.3, -0.25) is 9.59 Å². The fourth-order valence-corrected chi connectivity index (χ4v) is 1.73. The first-order chi connectivity index (χ1) is 9.99. The van der Waals surface area contributed by atoms with E-state index in [2.05, 4.69) is 10.6 Å². The maximum Gasteiger partial charge on any atom is 0.229 e. The molecule has 1 aromatic rings. The Morgan fingerprint density at radius 3 is 2.48 bits per heavy atom. The quantitative estimate of drug-likeness (QED) is 0.553. The molecule has 0 aliphatic rings. The second-order valence-corrected chi connectivity index (χ2v) is 5.05. The van der Waals surface area contributed by atoms with Gasteiger partial charge in [0.15, 0.2) is 0 Å². The van der Waals surface area contributed by atoms with E-state index in [9.17, 15) is 14.0 Å². The van der Waals surface area contributed by atoms with Crippen LogP contribution in [0.25, 0.3) is 0 Å². The third kappa shape index (κ3) is 7.41. The second-order valence-electron chi connectivity index (χ2n) is 5.05. The van der Waals surface area contributed by atoms with Crippen LogP contribution in [0.5, 0.6) is 0 Å². The molecule has 0 fully saturated rings. The Hall–Kier alpha value is -1.95. The predicted octanol–water partition coefficient (Wildman–Crippen LogP) is 0.900. The number of nitrogens with zero attached hydrogens (tertiary/aromatic N) is 1. The monoisotopic (exact) mass is 295 g/mol. The summed E-state index contributed by atoms with van der Waals surface area (Å²) < 4.78 is 13.3. The van der Waals surface area contributed by atoms with Gasteiger partial charge in [0.05, 0.1) is 0 Å². The zero-order valence-electron chi connectivity index (χ0n) is 12.5. The van der Waals surface area contributed by atoms with Gasteiger partial charge in [-0.2, -0.15) is 0 Å². The van der Waals surface area contributed by atoms with Gasteiger partial charge >= 0.3 is 0 Å². The molecule has 21 heavy (non-hydrogen) atoms. The number of hydrogen-bond acceptors (Lipinski definition) is 3. The number of amides is 2. The Morgan fingerprint density at radius 2 is 1.81 bits per heavy atom. The lowest BCUT2D eigenvalue weighted by Crippen LogP contribution is -2.33. The molecule has 0 aliphatic heterocycles. The summed E-state index contributed by atoms with van der Waals surface area (Å²) in [5, 5.41) is 5.21. The van der Waals surface area contributed by atoms with Crippen LogP contribution in [0.2, 0.25) is 0 Å². The molecule has 1 rings (SSSR count). The summed E-state index contributed by atoms with van der Waals surface area (Å²) in [5.41, 5.74) is 0.400. The highest BCUT2D eigenvalue weighted by molar-refractivity contribution is 5.96. The molecule has 5 nitrogen and oxygen atoms in total. The van der Waals surface area contributed by atoms with E-state index in [-0.39, 0.29) is 24.7 Å². The molecule has 116 valence electrons. The summed E-state index contributed by atoms with van der Waals surface area (Å²) in [6.45, 7) is 1.50. The summed E-state index contributed by atoms with van der Waals surface area (Å²) in [4.78, 5) is 25.1. The van der Waals surface area contributed by atoms with E-state index < -0.39 is 5.91 Å². The molecule has 0 aliphatic carbocycles. The van der Waals surface area contributed by atoms with Gasteiger partial charge in [0.25, 0.3) is 0 Å². The van der Waals surface area contributed by atoms with Gasteiger partial charge in [0.2, 0.25) is 11.8 Å². The van der Waals surface area contributed by atoms with E-state index in [1.807, 2.05) is 19.0 Å². The van der Waals surface area contributed by atoms with E-state index in [1.165, 1.54) is 6.07 Å². The van der Waals surface area contributed by atoms with Crippen molar-refractivity contribution in [1.29, 1.82) is 0 Å². The van der Waals surface area contributed by atoms with Crippen molar-refractivity contribution < 1.29 is 14.0 Å². The molecule has 0 heterocycles. The minimum atomic E-state index is -0.414. The molecule has 2 amide bonds. The maximum atomic E-state index is 13.3. The minimum absolute atomic E-state index is 0.0828. The number of carbonyl (C=O) groups is 2. The molecular weight excluding hydrogens is 273 g/mol. The van der Waals surface area contributed by atoms with Crippen molar-refractivity contribution in [2.24, 2.45) is 0 Å². The number of carbonyl (C=O) groups excluding carboxylic acids is 2. The van der Waals surface area contributed by atoms with Crippen LogP contribution >= 0.6 is 0 Å². The van der Waals surface area contributed by atoms with Crippen LogP contribution in [0.4, 0.5) is 4.39 Å². The topological polar surface area (TPSA) is 61.4 Å². The summed E-state index contributed by atoms with van der Waals surface area (Å²) in [6, 6.07) is 6.21. The molecule has 0 radical (unpaired) electrons. The number of nitrogens with one attached hydrogen (secondary N) is 2. The van der Waals surface area contributed by atoms with Crippen LogP contribution < -0.4 is 10.6 Å². The third-order valence-corrected chi connectivity index (χ3v) is 2.86. The van der Waals surface area contributed by atoms with Gasteiger partial charge in [0.1, 0.15) is 12.2 Å². The van der Waals surface area contributed by atoms with Crippen molar-refractivity contribution in [3.63, 3.8) is 0 Å². The number of rotatable bonds is 8. The average molecular weight is 295 g/mol. The van der Waals surface area contributed by atoms with Crippen LogP contribution in [-0.2, 0) is 16.1 Å². The molecular formula is C15H22FN3O2. The van der Waals surface area contributed by atoms with Crippen molar-refractivity contribution in [3.8, 4) is 0 Å². The number of hydrogen-bond donors (Lipinski definition) is 2. The van der Waals surface area contributed by atoms with Crippen molar-refractivity contribution in [2.45, 2.75) is 19.4 Å². The average Bonchev–Trinajstić information content (AvgIpc) is 2.42. The first-order valence-corrected chi connectivity index (χ1v) is 6.90. The zero-order chi connectivity index (χ0) is 15.7. The van der Waals surface area contributed by atoms with Gasteiger partial charge in [-0.25, -0.2) is 4.39 Å². The lowest BCUT2D eigenvalue weighted by atomic mass is 10.2. The Morgan fingerprint density at radius 1 is 1.14 bits per heavy atom. The highest BCUT2D eigenvalue weighted by Crippen LogP contribution is 2.05. The van der Waals surface area contributed by atoms with E-state index in [0.29, 0.717) is 12.1 Å². The van der Waals surface area contributed by atoms with Crippen molar-refractivity contribution >= 4 is 11.8 Å². The largest absolute Gasteiger partial charge is 0.356 e. The van der Waals surface area contributed by atoms with Crippen LogP contribution in [0, 0.1) is 5.82 Å². The fraction of sp³-hybridized carbons (Fsp3) is 0.467. The first-order valence-electron chi connectivity index (χ1n) is 6.90. The minimum Gasteiger partial charge on any atom is -0.356 e. The SMILES string of the molecule is CN(C)CCCNC(=O)CC(=O)NCc1ccccc1F. The van der Waals surface area contributed by atoms with Crippen molar-refractivity contribution in [1.82, 2.24) is 15.5 Å². The van der Waals surface area contributed by atoms with Crippen LogP contribution in [-0.4, -0.2) is 43.9 Å². The van der Waals surface area contributed by atoms with Gasteiger partial charge in [-0.15, -0.1) is 0 Å². The Labute approximate surface area is 124 Å². The van der Waals surface area contributed by atoms with Crippen LogP contribution in [0.15, 0.2) is 24.3 Å². The highest BCUT2D eigenvalue weighted by atomic mass is 19.1. The number of benzene rings is 1. The van der Waals surface area contributed by atoms with Crippen LogP contribution in [0.3, 0.4) is 0 Å². The van der Waals surface area contributed by atoms with E-state index in [0.717, 1.165) is 13.0 Å². The first kappa shape index (κ1) is 17.1.